The molecule has 0 aliphatic heterocycles. The van der Waals surface area contributed by atoms with Gasteiger partial charge in [-0.3, -0.25) is 5.10 Å². The Balaban J connectivity index is 2.79. The van der Waals surface area contributed by atoms with Crippen LogP contribution in [0.15, 0.2) is 23.0 Å². The van der Waals surface area contributed by atoms with E-state index in [4.69, 9.17) is 5.73 Å². The zero-order valence-corrected chi connectivity index (χ0v) is 10.2. The van der Waals surface area contributed by atoms with E-state index in [0.29, 0.717) is 0 Å². The Morgan fingerprint density at radius 1 is 1.62 bits per heavy atom. The number of nitrogens with zero attached hydrogens (tertiary/aromatic N) is 2. The van der Waals surface area contributed by atoms with Crippen molar-refractivity contribution in [1.82, 2.24) is 10.2 Å². The maximum Gasteiger partial charge on any atom is 0.150 e. The van der Waals surface area contributed by atoms with E-state index >= 15 is 0 Å². The van der Waals surface area contributed by atoms with Crippen molar-refractivity contribution < 1.29 is 0 Å². The summed E-state index contributed by atoms with van der Waals surface area (Å²) in [6.45, 7) is 6.13. The van der Waals surface area contributed by atoms with Crippen LogP contribution in [0.25, 0.3) is 0 Å². The van der Waals surface area contributed by atoms with Gasteiger partial charge in [-0.05, 0) is 38.5 Å². The first-order valence-electron chi connectivity index (χ1n) is 5.65. The first kappa shape index (κ1) is 12.5. The lowest BCUT2D eigenvalue weighted by Gasteiger charge is -2.05. The van der Waals surface area contributed by atoms with Crippen molar-refractivity contribution >= 4 is 11.5 Å². The smallest absolute Gasteiger partial charge is 0.150 e. The number of aryl methyl sites for hydroxylation is 1. The predicted octanol–water partition coefficient (Wildman–Crippen LogP) is 2.84. The Morgan fingerprint density at radius 2 is 2.38 bits per heavy atom. The summed E-state index contributed by atoms with van der Waals surface area (Å²) < 4.78 is 0. The van der Waals surface area contributed by atoms with Crippen LogP contribution in [0, 0.1) is 6.92 Å². The minimum Gasteiger partial charge on any atom is -0.404 e. The van der Waals surface area contributed by atoms with Gasteiger partial charge in [0.25, 0.3) is 0 Å². The lowest BCUT2D eigenvalue weighted by molar-refractivity contribution is 0.801. The monoisotopic (exact) mass is 220 g/mol. The zero-order chi connectivity index (χ0) is 12.0. The highest BCUT2D eigenvalue weighted by Crippen LogP contribution is 2.16. The summed E-state index contributed by atoms with van der Waals surface area (Å²) in [5, 5.41) is 6.81. The Kier molecular flexibility index (Phi) is 4.76. The second-order valence-corrected chi connectivity index (χ2v) is 3.89. The first-order valence-corrected chi connectivity index (χ1v) is 5.65. The molecular weight excluding hydrogens is 200 g/mol. The second-order valence-electron chi connectivity index (χ2n) is 3.89. The van der Waals surface area contributed by atoms with E-state index < -0.39 is 0 Å². The van der Waals surface area contributed by atoms with E-state index in [1.54, 1.807) is 12.4 Å². The highest BCUT2D eigenvalue weighted by Gasteiger charge is 2.03. The summed E-state index contributed by atoms with van der Waals surface area (Å²) in [6.07, 6.45) is 6.70. The molecule has 0 aromatic carbocycles. The summed E-state index contributed by atoms with van der Waals surface area (Å²) >= 11 is 0. The SMILES string of the molecule is CCCCC(=C/N)/C(C)=N/c1[nH]ncc1C. The normalized spacial score (nSPS) is 13.2. The molecule has 0 saturated heterocycles. The third-order valence-corrected chi connectivity index (χ3v) is 2.55. The highest BCUT2D eigenvalue weighted by molar-refractivity contribution is 5.99. The van der Waals surface area contributed by atoms with Gasteiger partial charge in [0, 0.05) is 11.3 Å². The van der Waals surface area contributed by atoms with Crippen molar-refractivity contribution in [2.75, 3.05) is 0 Å². The molecule has 0 fully saturated rings. The predicted molar refractivity (Wildman–Crippen MR) is 67.9 cm³/mol. The third kappa shape index (κ3) is 3.22. The molecule has 0 spiro atoms. The van der Waals surface area contributed by atoms with Gasteiger partial charge in [-0.2, -0.15) is 5.10 Å². The van der Waals surface area contributed by atoms with Crippen LogP contribution in [0.2, 0.25) is 0 Å². The fourth-order valence-electron chi connectivity index (χ4n) is 1.44. The molecule has 1 rings (SSSR count). The topological polar surface area (TPSA) is 67.1 Å². The average Bonchev–Trinajstić information content (AvgIpc) is 2.65. The number of aromatic amines is 1. The lowest BCUT2D eigenvalue weighted by Crippen LogP contribution is -2.01. The average molecular weight is 220 g/mol. The zero-order valence-electron chi connectivity index (χ0n) is 10.2. The van der Waals surface area contributed by atoms with Gasteiger partial charge in [0.1, 0.15) is 0 Å². The van der Waals surface area contributed by atoms with Gasteiger partial charge in [-0.25, -0.2) is 4.99 Å². The molecule has 1 aromatic heterocycles. The van der Waals surface area contributed by atoms with Gasteiger partial charge < -0.3 is 5.73 Å². The Bertz CT molecular complexity index is 387. The molecular formula is C12H20N4. The van der Waals surface area contributed by atoms with Crippen molar-refractivity contribution in [1.29, 1.82) is 0 Å². The van der Waals surface area contributed by atoms with Crippen LogP contribution in [0.1, 0.15) is 38.7 Å². The van der Waals surface area contributed by atoms with Crippen molar-refractivity contribution in [2.24, 2.45) is 10.7 Å². The van der Waals surface area contributed by atoms with E-state index in [2.05, 4.69) is 22.1 Å². The molecule has 16 heavy (non-hydrogen) atoms. The third-order valence-electron chi connectivity index (χ3n) is 2.55. The van der Waals surface area contributed by atoms with Crippen molar-refractivity contribution in [2.45, 2.75) is 40.0 Å². The van der Waals surface area contributed by atoms with E-state index in [0.717, 1.165) is 41.9 Å². The number of hydrogen-bond acceptors (Lipinski definition) is 3. The first-order chi connectivity index (χ1) is 7.69. The van der Waals surface area contributed by atoms with Crippen LogP contribution in [0.5, 0.6) is 0 Å². The number of unbranched alkanes of at least 4 members (excludes halogenated alkanes) is 1. The van der Waals surface area contributed by atoms with Crippen LogP contribution in [0.4, 0.5) is 5.82 Å². The molecule has 4 nitrogen and oxygen atoms in total. The molecule has 0 aliphatic rings. The van der Waals surface area contributed by atoms with Crippen LogP contribution >= 0.6 is 0 Å². The fraction of sp³-hybridized carbons (Fsp3) is 0.500. The molecule has 0 atom stereocenters. The Labute approximate surface area is 96.7 Å². The standard InChI is InChI=1S/C12H20N4/c1-4-5-6-11(7-13)10(3)15-12-9(2)8-14-16-12/h7-8H,4-6,13H2,1-3H3,(H,14,16)/b11-7-,15-10+. The van der Waals surface area contributed by atoms with Gasteiger partial charge in [-0.1, -0.05) is 13.3 Å². The molecule has 0 unspecified atom stereocenters. The maximum absolute atomic E-state index is 5.61. The molecule has 3 N–H and O–H groups in total. The minimum atomic E-state index is 0.813. The van der Waals surface area contributed by atoms with Crippen LogP contribution in [-0.2, 0) is 0 Å². The van der Waals surface area contributed by atoms with E-state index in [1.807, 2.05) is 13.8 Å². The molecule has 1 heterocycles. The van der Waals surface area contributed by atoms with Crippen LogP contribution in [0.3, 0.4) is 0 Å². The van der Waals surface area contributed by atoms with Crippen molar-refractivity contribution in [3.8, 4) is 0 Å². The minimum absolute atomic E-state index is 0.813. The van der Waals surface area contributed by atoms with E-state index in [-0.39, 0.29) is 0 Å². The summed E-state index contributed by atoms with van der Waals surface area (Å²) in [5.74, 6) is 0.813. The number of aromatic nitrogens is 2. The molecule has 0 bridgehead atoms. The number of aliphatic imine (C=N–C) groups is 1. The summed E-state index contributed by atoms with van der Waals surface area (Å²) in [5.41, 5.74) is 8.73. The molecule has 0 saturated carbocycles. The van der Waals surface area contributed by atoms with Crippen molar-refractivity contribution in [3.05, 3.63) is 23.5 Å². The lowest BCUT2D eigenvalue weighted by atomic mass is 10.1. The summed E-state index contributed by atoms with van der Waals surface area (Å²) in [6, 6.07) is 0. The molecule has 1 aromatic rings. The van der Waals surface area contributed by atoms with Crippen molar-refractivity contribution in [3.63, 3.8) is 0 Å². The number of allylic oxidation sites excluding steroid dienone is 1. The van der Waals surface area contributed by atoms with Crippen LogP contribution in [-0.4, -0.2) is 15.9 Å². The van der Waals surface area contributed by atoms with Gasteiger partial charge in [0.15, 0.2) is 5.82 Å². The van der Waals surface area contributed by atoms with E-state index in [9.17, 15) is 0 Å². The second kappa shape index (κ2) is 6.10. The van der Waals surface area contributed by atoms with E-state index in [1.165, 1.54) is 0 Å². The maximum atomic E-state index is 5.61. The fourth-order valence-corrected chi connectivity index (χ4v) is 1.44. The number of rotatable bonds is 5. The van der Waals surface area contributed by atoms with Gasteiger partial charge in [-0.15, -0.1) is 0 Å². The van der Waals surface area contributed by atoms with Gasteiger partial charge in [0.05, 0.1) is 6.20 Å². The summed E-state index contributed by atoms with van der Waals surface area (Å²) in [4.78, 5) is 4.49. The van der Waals surface area contributed by atoms with Gasteiger partial charge >= 0.3 is 0 Å². The highest BCUT2D eigenvalue weighted by atomic mass is 15.2. The molecule has 0 radical (unpaired) electrons. The number of nitrogens with two attached hydrogens (primary N) is 1. The summed E-state index contributed by atoms with van der Waals surface area (Å²) in [7, 11) is 0. The Morgan fingerprint density at radius 3 is 2.88 bits per heavy atom. The number of hydrogen-bond donors (Lipinski definition) is 2. The molecule has 88 valence electrons. The molecule has 0 amide bonds. The quantitative estimate of drug-likeness (QED) is 0.749. The van der Waals surface area contributed by atoms with Crippen LogP contribution < -0.4 is 5.73 Å². The largest absolute Gasteiger partial charge is 0.404 e. The number of nitrogens with one attached hydrogen (secondary N) is 1. The number of H-pyrrole nitrogens is 1. The molecule has 4 heteroatoms. The molecule has 0 aliphatic carbocycles. The Hall–Kier alpha value is -1.58. The van der Waals surface area contributed by atoms with Gasteiger partial charge in [0.2, 0.25) is 0 Å².